The third-order valence-electron chi connectivity index (χ3n) is 4.34. The zero-order chi connectivity index (χ0) is 19.6. The molecule has 0 radical (unpaired) electrons. The van der Waals surface area contributed by atoms with Crippen molar-refractivity contribution in [3.05, 3.63) is 70.3 Å². The van der Waals surface area contributed by atoms with Crippen molar-refractivity contribution in [1.82, 2.24) is 5.32 Å². The Morgan fingerprint density at radius 2 is 1.81 bits per heavy atom. The number of amides is 1. The Bertz CT molecular complexity index is 735. The molecule has 0 unspecified atom stereocenters. The predicted molar refractivity (Wildman–Crippen MR) is 105 cm³/mol. The van der Waals surface area contributed by atoms with Crippen molar-refractivity contribution < 1.29 is 14.5 Å². The van der Waals surface area contributed by atoms with Crippen LogP contribution >= 0.6 is 0 Å². The van der Waals surface area contributed by atoms with Crippen molar-refractivity contribution in [1.29, 1.82) is 0 Å². The highest BCUT2D eigenvalue weighted by Crippen LogP contribution is 2.19. The third-order valence-corrected chi connectivity index (χ3v) is 4.34. The third kappa shape index (κ3) is 6.62. The monoisotopic (exact) mass is 371 g/mol. The smallest absolute Gasteiger partial charge is 0.407 e. The molecular formula is C20H25N3O4. The van der Waals surface area contributed by atoms with Gasteiger partial charge in [0.2, 0.25) is 0 Å². The van der Waals surface area contributed by atoms with Crippen LogP contribution in [-0.2, 0) is 11.3 Å². The van der Waals surface area contributed by atoms with Gasteiger partial charge in [0.15, 0.2) is 0 Å². The van der Waals surface area contributed by atoms with E-state index in [1.807, 2.05) is 44.2 Å². The number of carbonyl (C=O) groups excluding carboxylic acids is 1. The van der Waals surface area contributed by atoms with Crippen LogP contribution in [0.1, 0.15) is 25.8 Å². The number of ether oxygens (including phenoxy) is 1. The zero-order valence-electron chi connectivity index (χ0n) is 15.6. The zero-order valence-corrected chi connectivity index (χ0v) is 15.6. The molecule has 2 N–H and O–H groups in total. The van der Waals surface area contributed by atoms with Crippen molar-refractivity contribution in [3.8, 4) is 0 Å². The second kappa shape index (κ2) is 10.2. The predicted octanol–water partition coefficient (Wildman–Crippen LogP) is 4.35. The summed E-state index contributed by atoms with van der Waals surface area (Å²) in [7, 11) is 0. The number of nitrogens with zero attached hydrogens (tertiary/aromatic N) is 1. The van der Waals surface area contributed by atoms with Gasteiger partial charge in [-0.25, -0.2) is 4.79 Å². The standard InChI is InChI=1S/C20H25N3O4/c1-3-19(22-17-9-11-18(12-10-17)23(25)26)15(2)13-21-20(24)27-14-16-7-5-4-6-8-16/h4-12,15,19,22H,3,13-14H2,1-2H3,(H,21,24)/t15-,19+/m0/s1. The maximum atomic E-state index is 11.9. The molecule has 0 saturated heterocycles. The van der Waals surface area contributed by atoms with Crippen LogP contribution < -0.4 is 10.6 Å². The van der Waals surface area contributed by atoms with E-state index in [2.05, 4.69) is 10.6 Å². The lowest BCUT2D eigenvalue weighted by molar-refractivity contribution is -0.384. The first-order valence-electron chi connectivity index (χ1n) is 8.95. The van der Waals surface area contributed by atoms with Gasteiger partial charge in [-0.15, -0.1) is 0 Å². The Balaban J connectivity index is 1.79. The highest BCUT2D eigenvalue weighted by Gasteiger charge is 2.17. The number of hydrogen-bond acceptors (Lipinski definition) is 5. The SMILES string of the molecule is CC[C@@H](Nc1ccc([N+](=O)[O-])cc1)[C@@H](C)CNC(=O)OCc1ccccc1. The number of rotatable bonds is 9. The molecule has 0 aliphatic heterocycles. The summed E-state index contributed by atoms with van der Waals surface area (Å²) in [5.74, 6) is 0.148. The van der Waals surface area contributed by atoms with Gasteiger partial charge in [-0.2, -0.15) is 0 Å². The maximum Gasteiger partial charge on any atom is 0.407 e. The number of nitrogens with one attached hydrogen (secondary N) is 2. The first-order chi connectivity index (χ1) is 13.0. The number of anilines is 1. The van der Waals surface area contributed by atoms with E-state index < -0.39 is 11.0 Å². The molecule has 0 fully saturated rings. The molecule has 0 heterocycles. The molecule has 2 aromatic carbocycles. The molecule has 2 rings (SSSR count). The Morgan fingerprint density at radius 1 is 1.15 bits per heavy atom. The second-order valence-electron chi connectivity index (χ2n) is 6.38. The summed E-state index contributed by atoms with van der Waals surface area (Å²) in [4.78, 5) is 22.2. The summed E-state index contributed by atoms with van der Waals surface area (Å²) in [6.45, 7) is 4.78. The normalized spacial score (nSPS) is 12.7. The fourth-order valence-electron chi connectivity index (χ4n) is 2.70. The van der Waals surface area contributed by atoms with Crippen LogP contribution in [0.25, 0.3) is 0 Å². The van der Waals surface area contributed by atoms with Gasteiger partial charge >= 0.3 is 6.09 Å². The van der Waals surface area contributed by atoms with Gasteiger partial charge in [0.25, 0.3) is 5.69 Å². The summed E-state index contributed by atoms with van der Waals surface area (Å²) >= 11 is 0. The Morgan fingerprint density at radius 3 is 2.41 bits per heavy atom. The minimum Gasteiger partial charge on any atom is -0.445 e. The van der Waals surface area contributed by atoms with Crippen molar-refractivity contribution in [2.24, 2.45) is 5.92 Å². The quantitative estimate of drug-likeness (QED) is 0.505. The molecule has 2 atom stereocenters. The minimum absolute atomic E-state index is 0.0597. The van der Waals surface area contributed by atoms with E-state index in [9.17, 15) is 14.9 Å². The molecule has 0 aromatic heterocycles. The molecule has 0 bridgehead atoms. The Kier molecular flexibility index (Phi) is 7.61. The van der Waals surface area contributed by atoms with Crippen LogP contribution in [0.4, 0.5) is 16.2 Å². The van der Waals surface area contributed by atoms with Crippen LogP contribution in [-0.4, -0.2) is 23.6 Å². The lowest BCUT2D eigenvalue weighted by Crippen LogP contribution is -2.37. The number of benzene rings is 2. The molecule has 144 valence electrons. The van der Waals surface area contributed by atoms with Gasteiger partial charge in [-0.05, 0) is 30.0 Å². The van der Waals surface area contributed by atoms with Crippen LogP contribution in [0.5, 0.6) is 0 Å². The fourth-order valence-corrected chi connectivity index (χ4v) is 2.70. The van der Waals surface area contributed by atoms with Gasteiger partial charge in [-0.3, -0.25) is 10.1 Å². The van der Waals surface area contributed by atoms with Gasteiger partial charge in [0.05, 0.1) is 4.92 Å². The minimum atomic E-state index is -0.448. The van der Waals surface area contributed by atoms with E-state index in [4.69, 9.17) is 4.74 Å². The lowest BCUT2D eigenvalue weighted by Gasteiger charge is -2.25. The Labute approximate surface area is 158 Å². The van der Waals surface area contributed by atoms with Gasteiger partial charge in [0.1, 0.15) is 6.61 Å². The van der Waals surface area contributed by atoms with E-state index in [1.54, 1.807) is 12.1 Å². The van der Waals surface area contributed by atoms with E-state index in [0.29, 0.717) is 6.54 Å². The average Bonchev–Trinajstić information content (AvgIpc) is 2.69. The van der Waals surface area contributed by atoms with Crippen LogP contribution in [0.2, 0.25) is 0 Å². The number of carbonyl (C=O) groups is 1. The van der Waals surface area contributed by atoms with Crippen LogP contribution in [0.15, 0.2) is 54.6 Å². The maximum absolute atomic E-state index is 11.9. The fraction of sp³-hybridized carbons (Fsp3) is 0.350. The van der Waals surface area contributed by atoms with Crippen LogP contribution in [0, 0.1) is 16.0 Å². The van der Waals surface area contributed by atoms with Crippen LogP contribution in [0.3, 0.4) is 0 Å². The van der Waals surface area contributed by atoms with Crippen molar-refractivity contribution in [2.45, 2.75) is 32.9 Å². The number of nitro groups is 1. The highest BCUT2D eigenvalue weighted by molar-refractivity contribution is 5.67. The number of non-ortho nitro benzene ring substituents is 1. The molecule has 0 aliphatic rings. The molecule has 0 saturated carbocycles. The first kappa shape index (κ1) is 20.2. The number of alkyl carbamates (subject to hydrolysis) is 1. The molecule has 0 aliphatic carbocycles. The van der Waals surface area contributed by atoms with Gasteiger partial charge < -0.3 is 15.4 Å². The first-order valence-corrected chi connectivity index (χ1v) is 8.95. The van der Waals surface area contributed by atoms with E-state index in [0.717, 1.165) is 17.7 Å². The number of hydrogen-bond donors (Lipinski definition) is 2. The Hall–Kier alpha value is -3.09. The molecule has 1 amide bonds. The second-order valence-corrected chi connectivity index (χ2v) is 6.38. The molecule has 7 nitrogen and oxygen atoms in total. The summed E-state index contributed by atoms with van der Waals surface area (Å²) < 4.78 is 5.21. The van der Waals surface area contributed by atoms with Gasteiger partial charge in [-0.1, -0.05) is 44.2 Å². The van der Waals surface area contributed by atoms with E-state index in [-0.39, 0.29) is 24.3 Å². The largest absolute Gasteiger partial charge is 0.445 e. The summed E-state index contributed by atoms with van der Waals surface area (Å²) in [5, 5.41) is 16.9. The molecule has 2 aromatic rings. The molecule has 0 spiro atoms. The number of nitro benzene ring substituents is 1. The molecular weight excluding hydrogens is 346 g/mol. The summed E-state index contributed by atoms with van der Waals surface area (Å²) in [5.41, 5.74) is 1.81. The lowest BCUT2D eigenvalue weighted by atomic mass is 9.99. The summed E-state index contributed by atoms with van der Waals surface area (Å²) in [6.07, 6.45) is 0.398. The van der Waals surface area contributed by atoms with E-state index >= 15 is 0 Å². The van der Waals surface area contributed by atoms with Crippen molar-refractivity contribution >= 4 is 17.5 Å². The molecule has 7 heteroatoms. The van der Waals surface area contributed by atoms with Crippen molar-refractivity contribution in [3.63, 3.8) is 0 Å². The summed E-state index contributed by atoms with van der Waals surface area (Å²) in [6, 6.07) is 15.9. The molecule has 27 heavy (non-hydrogen) atoms. The topological polar surface area (TPSA) is 93.5 Å². The van der Waals surface area contributed by atoms with E-state index in [1.165, 1.54) is 12.1 Å². The van der Waals surface area contributed by atoms with Gasteiger partial charge in [0, 0.05) is 30.4 Å². The highest BCUT2D eigenvalue weighted by atomic mass is 16.6. The van der Waals surface area contributed by atoms with Crippen molar-refractivity contribution in [2.75, 3.05) is 11.9 Å². The average molecular weight is 371 g/mol.